The molecule has 2 saturated carbocycles. The summed E-state index contributed by atoms with van der Waals surface area (Å²) < 4.78 is 46.0. The standard InChI is InChI=1S/C25H34FN5O4S/c26-19-5-8-22(27-14-19)15-28-20-6-1-17(2-7-20)16-36(33,34)31-11-9-21(10-12-31)29-25(32)23-13-24(35-30-23)18-3-4-18/h5,8,13-14,17-18,20-21,28H,1-4,6-7,9-12,15-16H2,(H,29,32). The quantitative estimate of drug-likeness (QED) is 0.523. The molecule has 196 valence electrons. The van der Waals surface area contributed by atoms with Gasteiger partial charge in [0.05, 0.1) is 17.6 Å². The number of hydrogen-bond donors (Lipinski definition) is 2. The van der Waals surface area contributed by atoms with Gasteiger partial charge in [-0.05, 0) is 69.4 Å². The monoisotopic (exact) mass is 519 g/mol. The fraction of sp³-hybridized carbons (Fsp3) is 0.640. The second kappa shape index (κ2) is 10.9. The number of nitrogens with one attached hydrogen (secondary N) is 2. The smallest absolute Gasteiger partial charge is 0.273 e. The van der Waals surface area contributed by atoms with Gasteiger partial charge in [0.1, 0.15) is 11.6 Å². The number of nitrogens with zero attached hydrogens (tertiary/aromatic N) is 3. The molecule has 3 heterocycles. The Morgan fingerprint density at radius 1 is 1.06 bits per heavy atom. The molecular formula is C25H34FN5O4S. The molecule has 2 aliphatic carbocycles. The van der Waals surface area contributed by atoms with Crippen LogP contribution in [0.5, 0.6) is 0 Å². The van der Waals surface area contributed by atoms with Crippen LogP contribution in [0.25, 0.3) is 0 Å². The highest BCUT2D eigenvalue weighted by Gasteiger charge is 2.33. The molecule has 9 nitrogen and oxygen atoms in total. The highest BCUT2D eigenvalue weighted by molar-refractivity contribution is 7.89. The summed E-state index contributed by atoms with van der Waals surface area (Å²) in [5, 5.41) is 10.3. The average Bonchev–Trinajstić information content (AvgIpc) is 3.60. The molecule has 0 atom stereocenters. The predicted octanol–water partition coefficient (Wildman–Crippen LogP) is 2.96. The van der Waals surface area contributed by atoms with Crippen LogP contribution in [0, 0.1) is 11.7 Å². The number of piperidine rings is 1. The van der Waals surface area contributed by atoms with Gasteiger partial charge in [0.2, 0.25) is 10.0 Å². The second-order valence-electron chi connectivity index (χ2n) is 10.4. The summed E-state index contributed by atoms with van der Waals surface area (Å²) in [5.41, 5.74) is 1.09. The Hall–Kier alpha value is -2.37. The number of carbonyl (C=O) groups is 1. The number of pyridine rings is 1. The van der Waals surface area contributed by atoms with E-state index in [2.05, 4.69) is 20.8 Å². The number of rotatable bonds is 9. The van der Waals surface area contributed by atoms with Crippen molar-refractivity contribution in [3.05, 3.63) is 47.4 Å². The summed E-state index contributed by atoms with van der Waals surface area (Å²) in [7, 11) is -3.34. The van der Waals surface area contributed by atoms with Crippen LogP contribution in [0.15, 0.2) is 28.9 Å². The lowest BCUT2D eigenvalue weighted by Gasteiger charge is -2.34. The number of amides is 1. The first-order chi connectivity index (χ1) is 17.4. The van der Waals surface area contributed by atoms with Gasteiger partial charge in [-0.15, -0.1) is 0 Å². The van der Waals surface area contributed by atoms with Crippen molar-refractivity contribution >= 4 is 15.9 Å². The van der Waals surface area contributed by atoms with E-state index < -0.39 is 10.0 Å². The van der Waals surface area contributed by atoms with E-state index in [1.165, 1.54) is 12.3 Å². The van der Waals surface area contributed by atoms with Crippen LogP contribution in [0.4, 0.5) is 4.39 Å². The van der Waals surface area contributed by atoms with E-state index >= 15 is 0 Å². The maximum Gasteiger partial charge on any atom is 0.273 e. The number of halogens is 1. The number of sulfonamides is 1. The minimum Gasteiger partial charge on any atom is -0.360 e. The lowest BCUT2D eigenvalue weighted by atomic mass is 9.87. The highest BCUT2D eigenvalue weighted by atomic mass is 32.2. The minimum atomic E-state index is -3.34. The molecule has 11 heteroatoms. The van der Waals surface area contributed by atoms with E-state index in [1.54, 1.807) is 16.4 Å². The van der Waals surface area contributed by atoms with Crippen LogP contribution in [0.3, 0.4) is 0 Å². The number of aromatic nitrogens is 2. The summed E-state index contributed by atoms with van der Waals surface area (Å²) in [6.45, 7) is 1.42. The molecular weight excluding hydrogens is 485 g/mol. The third-order valence-corrected chi connectivity index (χ3v) is 9.62. The van der Waals surface area contributed by atoms with Gasteiger partial charge in [0, 0.05) is 43.7 Å². The van der Waals surface area contributed by atoms with E-state index in [0.717, 1.165) is 50.0 Å². The van der Waals surface area contributed by atoms with Crippen LogP contribution in [0.2, 0.25) is 0 Å². The first kappa shape index (κ1) is 25.3. The van der Waals surface area contributed by atoms with Crippen molar-refractivity contribution in [3.63, 3.8) is 0 Å². The zero-order valence-corrected chi connectivity index (χ0v) is 21.2. The van der Waals surface area contributed by atoms with Crippen molar-refractivity contribution in [3.8, 4) is 0 Å². The highest BCUT2D eigenvalue weighted by Crippen LogP contribution is 2.40. The SMILES string of the molecule is O=C(NC1CCN(S(=O)(=O)CC2CCC(NCc3ccc(F)cn3)CC2)CC1)c1cc(C2CC2)on1. The van der Waals surface area contributed by atoms with Crippen molar-refractivity contribution < 1.29 is 22.1 Å². The summed E-state index contributed by atoms with van der Waals surface area (Å²) in [4.78, 5) is 16.6. The van der Waals surface area contributed by atoms with Crippen molar-refractivity contribution in [1.29, 1.82) is 0 Å². The largest absolute Gasteiger partial charge is 0.360 e. The third kappa shape index (κ3) is 6.49. The molecule has 0 radical (unpaired) electrons. The summed E-state index contributed by atoms with van der Waals surface area (Å²) in [5.74, 6) is 0.908. The fourth-order valence-electron chi connectivity index (χ4n) is 5.19. The Labute approximate surface area is 211 Å². The minimum absolute atomic E-state index is 0.0675. The predicted molar refractivity (Wildman–Crippen MR) is 131 cm³/mol. The summed E-state index contributed by atoms with van der Waals surface area (Å²) >= 11 is 0. The lowest BCUT2D eigenvalue weighted by Crippen LogP contribution is -2.47. The molecule has 0 bridgehead atoms. The average molecular weight is 520 g/mol. The van der Waals surface area contributed by atoms with Gasteiger partial charge in [0.15, 0.2) is 5.69 Å². The molecule has 3 fully saturated rings. The Morgan fingerprint density at radius 3 is 2.47 bits per heavy atom. The molecule has 3 aliphatic rings. The summed E-state index contributed by atoms with van der Waals surface area (Å²) in [6.07, 6.45) is 8.12. The molecule has 1 aliphatic heterocycles. The number of hydrogen-bond acceptors (Lipinski definition) is 7. The molecule has 1 saturated heterocycles. The van der Waals surface area contributed by atoms with Crippen LogP contribution in [0.1, 0.15) is 79.2 Å². The molecule has 2 N–H and O–H groups in total. The Balaban J connectivity index is 1.02. The van der Waals surface area contributed by atoms with Crippen LogP contribution >= 0.6 is 0 Å². The van der Waals surface area contributed by atoms with Gasteiger partial charge in [0.25, 0.3) is 5.91 Å². The molecule has 0 unspecified atom stereocenters. The Kier molecular flexibility index (Phi) is 7.68. The molecule has 5 rings (SSSR count). The van der Waals surface area contributed by atoms with Gasteiger partial charge in [-0.3, -0.25) is 9.78 Å². The van der Waals surface area contributed by atoms with Gasteiger partial charge in [-0.1, -0.05) is 5.16 Å². The van der Waals surface area contributed by atoms with Gasteiger partial charge in [-0.25, -0.2) is 17.1 Å². The first-order valence-electron chi connectivity index (χ1n) is 12.9. The van der Waals surface area contributed by atoms with E-state index in [1.807, 2.05) is 0 Å². The molecule has 0 spiro atoms. The maximum absolute atomic E-state index is 13.1. The zero-order chi connectivity index (χ0) is 25.1. The summed E-state index contributed by atoms with van der Waals surface area (Å²) in [6, 6.07) is 5.05. The molecule has 36 heavy (non-hydrogen) atoms. The molecule has 0 aromatic carbocycles. The van der Waals surface area contributed by atoms with E-state index in [9.17, 15) is 17.6 Å². The van der Waals surface area contributed by atoms with Crippen molar-refractivity contribution in [2.45, 2.75) is 75.9 Å². The second-order valence-corrected chi connectivity index (χ2v) is 12.4. The van der Waals surface area contributed by atoms with E-state index in [0.29, 0.717) is 50.1 Å². The maximum atomic E-state index is 13.1. The molecule has 1 amide bonds. The Morgan fingerprint density at radius 2 is 1.81 bits per heavy atom. The van der Waals surface area contributed by atoms with Crippen molar-refractivity contribution in [2.75, 3.05) is 18.8 Å². The lowest BCUT2D eigenvalue weighted by molar-refractivity contribution is 0.0914. The first-order valence-corrected chi connectivity index (χ1v) is 14.6. The van der Waals surface area contributed by atoms with E-state index in [-0.39, 0.29) is 29.4 Å². The van der Waals surface area contributed by atoms with Crippen LogP contribution in [-0.2, 0) is 16.6 Å². The van der Waals surface area contributed by atoms with Crippen LogP contribution in [-0.4, -0.2) is 59.7 Å². The van der Waals surface area contributed by atoms with Gasteiger partial charge in [-0.2, -0.15) is 0 Å². The van der Waals surface area contributed by atoms with Gasteiger partial charge >= 0.3 is 0 Å². The Bertz CT molecular complexity index is 1140. The van der Waals surface area contributed by atoms with E-state index in [4.69, 9.17) is 4.52 Å². The van der Waals surface area contributed by atoms with Crippen molar-refractivity contribution in [1.82, 2.24) is 25.1 Å². The topological polar surface area (TPSA) is 117 Å². The fourth-order valence-corrected chi connectivity index (χ4v) is 7.10. The van der Waals surface area contributed by atoms with Crippen molar-refractivity contribution in [2.24, 2.45) is 5.92 Å². The molecule has 2 aromatic rings. The normalized spacial score (nSPS) is 24.0. The number of carbonyl (C=O) groups excluding carboxylic acids is 1. The molecule has 2 aromatic heterocycles. The van der Waals surface area contributed by atoms with Crippen LogP contribution < -0.4 is 10.6 Å². The third-order valence-electron chi connectivity index (χ3n) is 7.58. The van der Waals surface area contributed by atoms with Gasteiger partial charge < -0.3 is 15.2 Å². The zero-order valence-electron chi connectivity index (χ0n) is 20.4.